The number of methoxy groups -OCH3 is 1. The molecule has 0 aliphatic carbocycles. The lowest BCUT2D eigenvalue weighted by atomic mass is 9.89. The number of fused-ring (bicyclic) bond motifs is 1. The quantitative estimate of drug-likeness (QED) is 0.793. The lowest BCUT2D eigenvalue weighted by Gasteiger charge is -2.31. The van der Waals surface area contributed by atoms with Crippen LogP contribution >= 0.6 is 0 Å². The second kappa shape index (κ2) is 7.42. The fourth-order valence-corrected chi connectivity index (χ4v) is 4.58. The van der Waals surface area contributed by atoms with Gasteiger partial charge in [0.05, 0.1) is 13.2 Å². The minimum atomic E-state index is -0.0673. The van der Waals surface area contributed by atoms with Crippen molar-refractivity contribution in [2.24, 2.45) is 18.9 Å². The molecule has 4 rings (SSSR count). The van der Waals surface area contributed by atoms with Crippen LogP contribution in [-0.4, -0.2) is 77.3 Å². The molecule has 2 aliphatic rings. The zero-order chi connectivity index (χ0) is 20.7. The van der Waals surface area contributed by atoms with Crippen LogP contribution in [0.1, 0.15) is 22.1 Å². The number of benzene rings is 1. The third kappa shape index (κ3) is 3.43. The molecule has 1 aromatic heterocycles. The van der Waals surface area contributed by atoms with Crippen LogP contribution in [0.5, 0.6) is 5.75 Å². The lowest BCUT2D eigenvalue weighted by Crippen LogP contribution is -2.42. The Kier molecular flexibility index (Phi) is 4.94. The normalized spacial score (nSPS) is 23.2. The zero-order valence-electron chi connectivity index (χ0n) is 17.3. The van der Waals surface area contributed by atoms with E-state index in [9.17, 15) is 9.59 Å². The Labute approximate surface area is 170 Å². The largest absolute Gasteiger partial charge is 0.497 e. The summed E-state index contributed by atoms with van der Waals surface area (Å²) in [5.74, 6) is 1.18. The molecule has 1 aromatic carbocycles. The molecule has 0 saturated carbocycles. The molecule has 0 radical (unpaired) electrons. The van der Waals surface area contributed by atoms with Crippen molar-refractivity contribution in [1.82, 2.24) is 24.5 Å². The molecule has 8 nitrogen and oxygen atoms in total. The van der Waals surface area contributed by atoms with Crippen LogP contribution in [-0.2, 0) is 7.05 Å². The van der Waals surface area contributed by atoms with E-state index in [1.165, 1.54) is 0 Å². The van der Waals surface area contributed by atoms with Crippen molar-refractivity contribution < 1.29 is 14.3 Å². The van der Waals surface area contributed by atoms with Gasteiger partial charge in [0, 0.05) is 58.8 Å². The van der Waals surface area contributed by atoms with Gasteiger partial charge in [0.15, 0.2) is 0 Å². The number of urea groups is 1. The molecule has 8 heteroatoms. The van der Waals surface area contributed by atoms with Crippen molar-refractivity contribution in [2.75, 3.05) is 40.8 Å². The van der Waals surface area contributed by atoms with E-state index in [2.05, 4.69) is 5.10 Å². The maximum absolute atomic E-state index is 12.9. The van der Waals surface area contributed by atoms with Gasteiger partial charge in [-0.15, -0.1) is 0 Å². The first-order chi connectivity index (χ1) is 13.9. The van der Waals surface area contributed by atoms with Gasteiger partial charge in [0.25, 0.3) is 5.91 Å². The van der Waals surface area contributed by atoms with E-state index < -0.39 is 0 Å². The Balaban J connectivity index is 1.60. The molecular weight excluding hydrogens is 370 g/mol. The van der Waals surface area contributed by atoms with Crippen LogP contribution in [0.4, 0.5) is 4.79 Å². The number of aryl methyl sites for hydroxylation is 1. The summed E-state index contributed by atoms with van der Waals surface area (Å²) in [5.41, 5.74) is 1.54. The number of aromatic nitrogens is 2. The average molecular weight is 397 g/mol. The zero-order valence-corrected chi connectivity index (χ0v) is 17.3. The van der Waals surface area contributed by atoms with Crippen molar-refractivity contribution in [2.45, 2.75) is 6.04 Å². The Hall–Kier alpha value is -3.03. The Bertz CT molecular complexity index is 907. The Morgan fingerprint density at radius 1 is 1.10 bits per heavy atom. The number of likely N-dealkylation sites (tertiary alicyclic amines) is 2. The number of ether oxygens (including phenoxy) is 1. The summed E-state index contributed by atoms with van der Waals surface area (Å²) < 4.78 is 6.92. The van der Waals surface area contributed by atoms with Gasteiger partial charge in [0.1, 0.15) is 11.4 Å². The second-order valence-electron chi connectivity index (χ2n) is 8.06. The van der Waals surface area contributed by atoms with E-state index in [1.807, 2.05) is 34.1 Å². The van der Waals surface area contributed by atoms with Crippen LogP contribution in [0.15, 0.2) is 36.5 Å². The Morgan fingerprint density at radius 2 is 1.83 bits per heavy atom. The van der Waals surface area contributed by atoms with Crippen molar-refractivity contribution in [3.63, 3.8) is 0 Å². The molecule has 0 unspecified atom stereocenters. The first kappa shape index (κ1) is 19.3. The number of amides is 3. The van der Waals surface area contributed by atoms with Gasteiger partial charge >= 0.3 is 6.03 Å². The number of nitrogens with zero attached hydrogens (tertiary/aromatic N) is 5. The third-order valence-electron chi connectivity index (χ3n) is 5.97. The van der Waals surface area contributed by atoms with Gasteiger partial charge in [0.2, 0.25) is 0 Å². The maximum atomic E-state index is 12.9. The van der Waals surface area contributed by atoms with Gasteiger partial charge in [-0.25, -0.2) is 4.79 Å². The number of carbonyl (C=O) groups is 2. The first-order valence-electron chi connectivity index (χ1n) is 9.80. The minimum absolute atomic E-state index is 0.00261. The van der Waals surface area contributed by atoms with Crippen LogP contribution in [0.25, 0.3) is 0 Å². The second-order valence-corrected chi connectivity index (χ2v) is 8.06. The fourth-order valence-electron chi connectivity index (χ4n) is 4.58. The average Bonchev–Trinajstić information content (AvgIpc) is 3.40. The molecule has 0 N–H and O–H groups in total. The highest BCUT2D eigenvalue weighted by Gasteiger charge is 2.50. The maximum Gasteiger partial charge on any atom is 0.320 e. The Morgan fingerprint density at radius 3 is 2.41 bits per heavy atom. The van der Waals surface area contributed by atoms with E-state index in [0.717, 1.165) is 11.3 Å². The number of hydrogen-bond donors (Lipinski definition) is 0. The van der Waals surface area contributed by atoms with Crippen molar-refractivity contribution in [3.05, 3.63) is 47.8 Å². The summed E-state index contributed by atoms with van der Waals surface area (Å²) in [4.78, 5) is 31.2. The molecule has 29 heavy (non-hydrogen) atoms. The molecule has 154 valence electrons. The molecular formula is C21H27N5O3. The molecule has 3 heterocycles. The molecule has 0 bridgehead atoms. The van der Waals surface area contributed by atoms with Gasteiger partial charge in [-0.1, -0.05) is 12.1 Å². The van der Waals surface area contributed by atoms with E-state index in [4.69, 9.17) is 4.74 Å². The van der Waals surface area contributed by atoms with E-state index in [-0.39, 0.29) is 29.8 Å². The predicted molar refractivity (Wildman–Crippen MR) is 108 cm³/mol. The SMILES string of the molecule is COc1ccc([C@H]2[C@@H]3CN(C(=O)c4ccn(C)n4)C[C@@H]3CN2C(=O)N(C)C)cc1. The number of hydrogen-bond acceptors (Lipinski definition) is 4. The van der Waals surface area contributed by atoms with E-state index in [1.54, 1.807) is 50.1 Å². The predicted octanol–water partition coefficient (Wildman–Crippen LogP) is 1.86. The van der Waals surface area contributed by atoms with Crippen LogP contribution in [0, 0.1) is 11.8 Å². The highest BCUT2D eigenvalue weighted by Crippen LogP contribution is 2.45. The first-order valence-corrected chi connectivity index (χ1v) is 9.80. The molecule has 2 aromatic rings. The summed E-state index contributed by atoms with van der Waals surface area (Å²) in [6, 6.07) is 9.57. The lowest BCUT2D eigenvalue weighted by molar-refractivity contribution is 0.0760. The monoisotopic (exact) mass is 397 g/mol. The molecule has 3 amide bonds. The molecule has 3 atom stereocenters. The highest BCUT2D eigenvalue weighted by molar-refractivity contribution is 5.92. The smallest absolute Gasteiger partial charge is 0.320 e. The summed E-state index contributed by atoms with van der Waals surface area (Å²) in [6.07, 6.45) is 1.78. The molecule has 2 aliphatic heterocycles. The summed E-state index contributed by atoms with van der Waals surface area (Å²) in [7, 11) is 7.00. The molecule has 2 saturated heterocycles. The standard InChI is InChI=1S/C21H27N5O3/c1-23(2)21(28)26-12-15-11-25(20(27)18-9-10-24(3)22-18)13-17(15)19(26)14-5-7-16(29-4)8-6-14/h5-10,15,17,19H,11-13H2,1-4H3/t15-,17-,19+/m1/s1. The molecule has 0 spiro atoms. The van der Waals surface area contributed by atoms with Crippen molar-refractivity contribution >= 4 is 11.9 Å². The van der Waals surface area contributed by atoms with Gasteiger partial charge < -0.3 is 19.4 Å². The summed E-state index contributed by atoms with van der Waals surface area (Å²) >= 11 is 0. The van der Waals surface area contributed by atoms with Gasteiger partial charge in [-0.3, -0.25) is 9.48 Å². The van der Waals surface area contributed by atoms with Crippen LogP contribution < -0.4 is 4.74 Å². The van der Waals surface area contributed by atoms with Crippen molar-refractivity contribution in [1.29, 1.82) is 0 Å². The van der Waals surface area contributed by atoms with Gasteiger partial charge in [-0.05, 0) is 23.8 Å². The highest BCUT2D eigenvalue weighted by atomic mass is 16.5. The minimum Gasteiger partial charge on any atom is -0.497 e. The van der Waals surface area contributed by atoms with E-state index in [0.29, 0.717) is 25.3 Å². The van der Waals surface area contributed by atoms with Crippen LogP contribution in [0.2, 0.25) is 0 Å². The fraction of sp³-hybridized carbons (Fsp3) is 0.476. The van der Waals surface area contributed by atoms with Crippen LogP contribution in [0.3, 0.4) is 0 Å². The topological polar surface area (TPSA) is 70.9 Å². The van der Waals surface area contributed by atoms with E-state index >= 15 is 0 Å². The number of rotatable bonds is 3. The molecule has 2 fully saturated rings. The number of carbonyl (C=O) groups excluding carboxylic acids is 2. The summed E-state index contributed by atoms with van der Waals surface area (Å²) in [6.45, 7) is 1.91. The van der Waals surface area contributed by atoms with Crippen molar-refractivity contribution in [3.8, 4) is 5.75 Å². The van der Waals surface area contributed by atoms with Gasteiger partial charge in [-0.2, -0.15) is 5.10 Å². The summed E-state index contributed by atoms with van der Waals surface area (Å²) in [5, 5.41) is 4.25. The third-order valence-corrected chi connectivity index (χ3v) is 5.97.